The molecule has 0 aromatic rings. The number of hydrogen-bond donors (Lipinski definition) is 0. The Kier molecular flexibility index (Phi) is 32.4. The normalized spacial score (nSPS) is 11.2. The van der Waals surface area contributed by atoms with Gasteiger partial charge in [-0.15, -0.1) is 0 Å². The Morgan fingerprint density at radius 1 is 0.459 bits per heavy atom. The minimum absolute atomic E-state index is 0.0148. The van der Waals surface area contributed by atoms with E-state index in [4.69, 9.17) is 4.74 Å². The van der Waals surface area contributed by atoms with E-state index in [9.17, 15) is 9.59 Å². The standard InChI is InChI=1S/C34H66O3/c1-2-3-4-5-6-7-8-13-16-19-22-25-28-31-34(36)37-33-30-27-24-21-18-15-12-10-9-11-14-17-20-23-26-29-32-35/h32H,2-31,33H2,1H3. The summed E-state index contributed by atoms with van der Waals surface area (Å²) in [6, 6.07) is 0. The second kappa shape index (κ2) is 33.2. The largest absolute Gasteiger partial charge is 0.466 e. The van der Waals surface area contributed by atoms with Gasteiger partial charge >= 0.3 is 5.97 Å². The molecule has 0 fully saturated rings. The average molecular weight is 523 g/mol. The fourth-order valence-electron chi connectivity index (χ4n) is 5.17. The van der Waals surface area contributed by atoms with Gasteiger partial charge in [0.05, 0.1) is 6.61 Å². The first-order chi connectivity index (χ1) is 18.3. The SMILES string of the molecule is CCCCCCCCCCCCCCCC(=O)OCCCCCCCCCCCCCCCCCC=O. The minimum Gasteiger partial charge on any atom is -0.466 e. The quantitative estimate of drug-likeness (QED) is 0.0501. The van der Waals surface area contributed by atoms with Crippen molar-refractivity contribution in [3.8, 4) is 0 Å². The van der Waals surface area contributed by atoms with Crippen LogP contribution in [0.4, 0.5) is 0 Å². The van der Waals surface area contributed by atoms with E-state index in [1.165, 1.54) is 161 Å². The van der Waals surface area contributed by atoms with Gasteiger partial charge in [0.15, 0.2) is 0 Å². The van der Waals surface area contributed by atoms with E-state index in [0.29, 0.717) is 13.0 Å². The highest BCUT2D eigenvalue weighted by molar-refractivity contribution is 5.69. The van der Waals surface area contributed by atoms with Crippen LogP contribution < -0.4 is 0 Å². The molecule has 0 amide bonds. The predicted octanol–water partition coefficient (Wildman–Crippen LogP) is 11.5. The van der Waals surface area contributed by atoms with Gasteiger partial charge in [0.1, 0.15) is 6.29 Å². The van der Waals surface area contributed by atoms with Crippen LogP contribution in [0.2, 0.25) is 0 Å². The molecule has 0 N–H and O–H groups in total. The van der Waals surface area contributed by atoms with Gasteiger partial charge in [-0.05, 0) is 19.3 Å². The van der Waals surface area contributed by atoms with Crippen molar-refractivity contribution in [2.45, 2.75) is 200 Å². The van der Waals surface area contributed by atoms with E-state index in [2.05, 4.69) is 6.92 Å². The molecule has 0 unspecified atom stereocenters. The lowest BCUT2D eigenvalue weighted by atomic mass is 10.0. The zero-order valence-corrected chi connectivity index (χ0v) is 25.2. The number of unbranched alkanes of at least 4 members (excludes halogenated alkanes) is 27. The smallest absolute Gasteiger partial charge is 0.305 e. The summed E-state index contributed by atoms with van der Waals surface area (Å²) in [4.78, 5) is 22.1. The summed E-state index contributed by atoms with van der Waals surface area (Å²) >= 11 is 0. The maximum atomic E-state index is 11.9. The van der Waals surface area contributed by atoms with E-state index in [0.717, 1.165) is 32.0 Å². The molecule has 0 aliphatic carbocycles. The molecule has 0 aliphatic rings. The van der Waals surface area contributed by atoms with Crippen LogP contribution in [0.5, 0.6) is 0 Å². The fraction of sp³-hybridized carbons (Fsp3) is 0.941. The summed E-state index contributed by atoms with van der Waals surface area (Å²) in [6.45, 7) is 2.90. The number of rotatable bonds is 32. The van der Waals surface area contributed by atoms with Crippen LogP contribution >= 0.6 is 0 Å². The molecule has 0 saturated carbocycles. The summed E-state index contributed by atoms with van der Waals surface area (Å²) in [5.74, 6) is 0.0148. The Bertz CT molecular complexity index is 448. The van der Waals surface area contributed by atoms with Crippen molar-refractivity contribution in [3.63, 3.8) is 0 Å². The van der Waals surface area contributed by atoms with E-state index in [1.807, 2.05) is 0 Å². The first-order valence-corrected chi connectivity index (χ1v) is 16.9. The maximum Gasteiger partial charge on any atom is 0.305 e. The van der Waals surface area contributed by atoms with Gasteiger partial charge in [0, 0.05) is 12.8 Å². The zero-order valence-electron chi connectivity index (χ0n) is 25.2. The molecular formula is C34H66O3. The highest BCUT2D eigenvalue weighted by atomic mass is 16.5. The Morgan fingerprint density at radius 2 is 0.784 bits per heavy atom. The lowest BCUT2D eigenvalue weighted by Crippen LogP contribution is -2.05. The van der Waals surface area contributed by atoms with E-state index < -0.39 is 0 Å². The van der Waals surface area contributed by atoms with Crippen molar-refractivity contribution < 1.29 is 14.3 Å². The van der Waals surface area contributed by atoms with Crippen molar-refractivity contribution >= 4 is 12.3 Å². The molecule has 3 nitrogen and oxygen atoms in total. The highest BCUT2D eigenvalue weighted by Crippen LogP contribution is 2.15. The van der Waals surface area contributed by atoms with Crippen molar-refractivity contribution in [1.29, 1.82) is 0 Å². The van der Waals surface area contributed by atoms with Gasteiger partial charge in [-0.25, -0.2) is 0 Å². The second-order valence-corrected chi connectivity index (χ2v) is 11.5. The Hall–Kier alpha value is -0.860. The van der Waals surface area contributed by atoms with Crippen LogP contribution in [0.1, 0.15) is 200 Å². The molecule has 0 rings (SSSR count). The lowest BCUT2D eigenvalue weighted by molar-refractivity contribution is -0.143. The van der Waals surface area contributed by atoms with Crippen molar-refractivity contribution in [2.75, 3.05) is 6.61 Å². The molecule has 3 heteroatoms. The van der Waals surface area contributed by atoms with E-state index in [-0.39, 0.29) is 5.97 Å². The topological polar surface area (TPSA) is 43.4 Å². The van der Waals surface area contributed by atoms with Gasteiger partial charge in [0.25, 0.3) is 0 Å². The molecule has 0 atom stereocenters. The molecular weight excluding hydrogens is 456 g/mol. The van der Waals surface area contributed by atoms with Crippen molar-refractivity contribution in [1.82, 2.24) is 0 Å². The molecule has 0 heterocycles. The van der Waals surface area contributed by atoms with Crippen LogP contribution in [0.25, 0.3) is 0 Å². The summed E-state index contributed by atoms with van der Waals surface area (Å²) in [5.41, 5.74) is 0. The first kappa shape index (κ1) is 36.1. The number of ether oxygens (including phenoxy) is 1. The molecule has 0 radical (unpaired) electrons. The van der Waals surface area contributed by atoms with Crippen LogP contribution in [0.15, 0.2) is 0 Å². The Labute approximate surface area is 232 Å². The third-order valence-electron chi connectivity index (χ3n) is 7.71. The Morgan fingerprint density at radius 3 is 1.16 bits per heavy atom. The third kappa shape index (κ3) is 33.1. The molecule has 0 aromatic heterocycles. The molecule has 37 heavy (non-hydrogen) atoms. The number of hydrogen-bond acceptors (Lipinski definition) is 3. The van der Waals surface area contributed by atoms with Gasteiger partial charge in [-0.1, -0.05) is 167 Å². The number of aldehydes is 1. The van der Waals surface area contributed by atoms with Gasteiger partial charge in [-0.2, -0.15) is 0 Å². The number of esters is 1. The van der Waals surface area contributed by atoms with Gasteiger partial charge in [0.2, 0.25) is 0 Å². The van der Waals surface area contributed by atoms with Crippen LogP contribution in [-0.2, 0) is 14.3 Å². The summed E-state index contributed by atoms with van der Waals surface area (Å²) in [6.07, 6.45) is 39.2. The maximum absolute atomic E-state index is 11.9. The zero-order chi connectivity index (χ0) is 26.9. The highest BCUT2D eigenvalue weighted by Gasteiger charge is 2.03. The van der Waals surface area contributed by atoms with Gasteiger partial charge < -0.3 is 9.53 Å². The number of carbonyl (C=O) groups excluding carboxylic acids is 2. The number of carbonyl (C=O) groups is 2. The second-order valence-electron chi connectivity index (χ2n) is 11.5. The van der Waals surface area contributed by atoms with E-state index in [1.54, 1.807) is 0 Å². The van der Waals surface area contributed by atoms with Crippen LogP contribution in [0.3, 0.4) is 0 Å². The first-order valence-electron chi connectivity index (χ1n) is 16.9. The van der Waals surface area contributed by atoms with Crippen LogP contribution in [0, 0.1) is 0 Å². The molecule has 220 valence electrons. The fourth-order valence-corrected chi connectivity index (χ4v) is 5.17. The molecule has 0 aromatic carbocycles. The molecule has 0 saturated heterocycles. The summed E-state index contributed by atoms with van der Waals surface area (Å²) in [7, 11) is 0. The van der Waals surface area contributed by atoms with Gasteiger partial charge in [-0.3, -0.25) is 4.79 Å². The third-order valence-corrected chi connectivity index (χ3v) is 7.71. The van der Waals surface area contributed by atoms with E-state index >= 15 is 0 Å². The predicted molar refractivity (Wildman–Crippen MR) is 161 cm³/mol. The lowest BCUT2D eigenvalue weighted by Gasteiger charge is -2.06. The van der Waals surface area contributed by atoms with Crippen molar-refractivity contribution in [2.24, 2.45) is 0 Å². The summed E-state index contributed by atoms with van der Waals surface area (Å²) in [5, 5.41) is 0. The summed E-state index contributed by atoms with van der Waals surface area (Å²) < 4.78 is 5.42. The monoisotopic (exact) mass is 523 g/mol. The van der Waals surface area contributed by atoms with Crippen LogP contribution in [-0.4, -0.2) is 18.9 Å². The minimum atomic E-state index is 0.0148. The Balaban J connectivity index is 3.14. The van der Waals surface area contributed by atoms with Crippen molar-refractivity contribution in [3.05, 3.63) is 0 Å². The molecule has 0 bridgehead atoms. The molecule has 0 spiro atoms. The molecule has 0 aliphatic heterocycles. The average Bonchev–Trinajstić information content (AvgIpc) is 2.90.